The van der Waals surface area contributed by atoms with Gasteiger partial charge < -0.3 is 9.73 Å². The maximum absolute atomic E-state index is 5.47. The highest BCUT2D eigenvalue weighted by atomic mass is 16.4. The Hall–Kier alpha value is -3.22. The molecule has 7 nitrogen and oxygen atoms in total. The molecule has 4 aromatic rings. The molecule has 23 heavy (non-hydrogen) atoms. The number of aryl methyl sites for hydroxylation is 2. The molecule has 0 aliphatic heterocycles. The zero-order valence-electron chi connectivity index (χ0n) is 12.7. The van der Waals surface area contributed by atoms with E-state index in [0.717, 1.165) is 28.4 Å². The lowest BCUT2D eigenvalue weighted by Gasteiger charge is -2.07. The molecule has 4 heterocycles. The Kier molecular flexibility index (Phi) is 3.04. The fourth-order valence-electron chi connectivity index (χ4n) is 2.38. The molecule has 0 fully saturated rings. The first kappa shape index (κ1) is 13.4. The number of pyridine rings is 1. The number of imidazole rings is 1. The van der Waals surface area contributed by atoms with E-state index >= 15 is 0 Å². The van der Waals surface area contributed by atoms with E-state index in [1.165, 1.54) is 0 Å². The van der Waals surface area contributed by atoms with Crippen LogP contribution in [-0.4, -0.2) is 24.3 Å². The third kappa shape index (κ3) is 2.52. The topological polar surface area (TPSA) is 81.1 Å². The van der Waals surface area contributed by atoms with E-state index in [9.17, 15) is 0 Å². The second kappa shape index (κ2) is 5.20. The van der Waals surface area contributed by atoms with E-state index in [4.69, 9.17) is 4.42 Å². The highest BCUT2D eigenvalue weighted by molar-refractivity contribution is 5.73. The number of fused-ring (bicyclic) bond motifs is 1. The minimum absolute atomic E-state index is 0.622. The maximum Gasteiger partial charge on any atom is 0.191 e. The molecule has 0 spiro atoms. The summed E-state index contributed by atoms with van der Waals surface area (Å²) in [5.41, 5.74) is 4.18. The van der Waals surface area contributed by atoms with Crippen LogP contribution in [0.15, 0.2) is 47.7 Å². The quantitative estimate of drug-likeness (QED) is 0.626. The molecular weight excluding hydrogens is 292 g/mol. The van der Waals surface area contributed by atoms with Gasteiger partial charge in [0.15, 0.2) is 17.3 Å². The van der Waals surface area contributed by atoms with Crippen molar-refractivity contribution in [3.8, 4) is 11.5 Å². The number of hydrogen-bond acceptors (Lipinski definition) is 6. The molecule has 0 aliphatic rings. The highest BCUT2D eigenvalue weighted by Gasteiger charge is 2.08. The first-order valence-corrected chi connectivity index (χ1v) is 7.14. The minimum Gasteiger partial charge on any atom is -0.439 e. The van der Waals surface area contributed by atoms with Gasteiger partial charge in [-0.1, -0.05) is 0 Å². The van der Waals surface area contributed by atoms with Gasteiger partial charge >= 0.3 is 0 Å². The van der Waals surface area contributed by atoms with Crippen molar-refractivity contribution in [3.63, 3.8) is 0 Å². The SMILES string of the molecule is Cc1cn2cncc(Nc3ccc(-c4cnc(C)o4)nc3)c2n1. The molecule has 114 valence electrons. The van der Waals surface area contributed by atoms with Crippen LogP contribution in [-0.2, 0) is 0 Å². The summed E-state index contributed by atoms with van der Waals surface area (Å²) in [5, 5.41) is 3.29. The van der Waals surface area contributed by atoms with Gasteiger partial charge in [-0.3, -0.25) is 9.38 Å². The molecule has 4 rings (SSSR count). The smallest absolute Gasteiger partial charge is 0.191 e. The molecule has 0 aromatic carbocycles. The average Bonchev–Trinajstić information content (AvgIpc) is 3.14. The van der Waals surface area contributed by atoms with Gasteiger partial charge in [0.05, 0.1) is 30.0 Å². The molecule has 0 saturated heterocycles. The number of anilines is 2. The van der Waals surface area contributed by atoms with Gasteiger partial charge in [0.25, 0.3) is 0 Å². The lowest BCUT2D eigenvalue weighted by Crippen LogP contribution is -1.96. The Morgan fingerprint density at radius 2 is 2.00 bits per heavy atom. The number of aromatic nitrogens is 5. The van der Waals surface area contributed by atoms with Crippen LogP contribution in [0.5, 0.6) is 0 Å². The van der Waals surface area contributed by atoms with Crippen molar-refractivity contribution in [2.45, 2.75) is 13.8 Å². The summed E-state index contributed by atoms with van der Waals surface area (Å²) in [4.78, 5) is 17.2. The summed E-state index contributed by atoms with van der Waals surface area (Å²) < 4.78 is 7.36. The molecule has 1 N–H and O–H groups in total. The van der Waals surface area contributed by atoms with E-state index in [1.54, 1.807) is 31.8 Å². The molecule has 0 atom stereocenters. The molecule has 0 amide bonds. The van der Waals surface area contributed by atoms with Gasteiger partial charge in [0.2, 0.25) is 0 Å². The fraction of sp³-hybridized carbons (Fsp3) is 0.125. The summed E-state index contributed by atoms with van der Waals surface area (Å²) in [7, 11) is 0. The van der Waals surface area contributed by atoms with Crippen LogP contribution in [0.3, 0.4) is 0 Å². The number of rotatable bonds is 3. The van der Waals surface area contributed by atoms with Gasteiger partial charge in [-0.05, 0) is 19.1 Å². The number of nitrogens with zero attached hydrogens (tertiary/aromatic N) is 5. The minimum atomic E-state index is 0.622. The van der Waals surface area contributed by atoms with Gasteiger partial charge in [-0.2, -0.15) is 0 Å². The van der Waals surface area contributed by atoms with E-state index in [2.05, 4.69) is 25.3 Å². The van der Waals surface area contributed by atoms with Crippen LogP contribution in [0, 0.1) is 13.8 Å². The van der Waals surface area contributed by atoms with Crippen molar-refractivity contribution in [2.75, 3.05) is 5.32 Å². The Balaban J connectivity index is 1.63. The van der Waals surface area contributed by atoms with Crippen LogP contribution in [0.4, 0.5) is 11.4 Å². The van der Waals surface area contributed by atoms with Crippen LogP contribution in [0.1, 0.15) is 11.6 Å². The van der Waals surface area contributed by atoms with E-state index < -0.39 is 0 Å². The van der Waals surface area contributed by atoms with Crippen LogP contribution >= 0.6 is 0 Å². The summed E-state index contributed by atoms with van der Waals surface area (Å²) in [6.45, 7) is 3.76. The van der Waals surface area contributed by atoms with E-state index in [0.29, 0.717) is 11.7 Å². The predicted molar refractivity (Wildman–Crippen MR) is 85.5 cm³/mol. The molecule has 0 saturated carbocycles. The number of nitrogens with one attached hydrogen (secondary N) is 1. The van der Waals surface area contributed by atoms with Crippen LogP contribution < -0.4 is 5.32 Å². The highest BCUT2D eigenvalue weighted by Crippen LogP contribution is 2.23. The van der Waals surface area contributed by atoms with Crippen molar-refractivity contribution >= 4 is 17.0 Å². The van der Waals surface area contributed by atoms with E-state index in [1.807, 2.05) is 29.7 Å². The molecule has 0 radical (unpaired) electrons. The molecular formula is C16H14N6O. The Morgan fingerprint density at radius 3 is 2.74 bits per heavy atom. The zero-order chi connectivity index (χ0) is 15.8. The summed E-state index contributed by atoms with van der Waals surface area (Å²) >= 11 is 0. The van der Waals surface area contributed by atoms with Crippen molar-refractivity contribution in [3.05, 3.63) is 54.8 Å². The van der Waals surface area contributed by atoms with Crippen LogP contribution in [0.2, 0.25) is 0 Å². The normalized spacial score (nSPS) is 11.0. The van der Waals surface area contributed by atoms with Gasteiger partial charge in [-0.25, -0.2) is 15.0 Å². The largest absolute Gasteiger partial charge is 0.439 e. The molecule has 0 unspecified atom stereocenters. The summed E-state index contributed by atoms with van der Waals surface area (Å²) in [6.07, 6.45) is 8.82. The Labute approximate surface area is 132 Å². The second-order valence-electron chi connectivity index (χ2n) is 5.22. The first-order chi connectivity index (χ1) is 11.2. The van der Waals surface area contributed by atoms with E-state index in [-0.39, 0.29) is 0 Å². The van der Waals surface area contributed by atoms with Crippen molar-refractivity contribution in [1.82, 2.24) is 24.3 Å². The monoisotopic (exact) mass is 306 g/mol. The Morgan fingerprint density at radius 1 is 1.09 bits per heavy atom. The van der Waals surface area contributed by atoms with Crippen LogP contribution in [0.25, 0.3) is 17.1 Å². The first-order valence-electron chi connectivity index (χ1n) is 7.14. The average molecular weight is 306 g/mol. The molecule has 7 heteroatoms. The summed E-state index contributed by atoms with van der Waals surface area (Å²) in [5.74, 6) is 1.28. The molecule has 0 bridgehead atoms. The standard InChI is InChI=1S/C16H14N6O/c1-10-8-22-9-17-6-14(16(22)20-10)21-12-3-4-13(19-5-12)15-7-18-11(2)23-15/h3-9,21H,1-2H3. The molecule has 4 aromatic heterocycles. The second-order valence-corrected chi connectivity index (χ2v) is 5.22. The van der Waals surface area contributed by atoms with Crippen molar-refractivity contribution < 1.29 is 4.42 Å². The van der Waals surface area contributed by atoms with Crippen molar-refractivity contribution in [2.24, 2.45) is 0 Å². The fourth-order valence-corrected chi connectivity index (χ4v) is 2.38. The van der Waals surface area contributed by atoms with Gasteiger partial charge in [0.1, 0.15) is 17.7 Å². The lowest BCUT2D eigenvalue weighted by atomic mass is 10.3. The summed E-state index contributed by atoms with van der Waals surface area (Å²) in [6, 6.07) is 3.81. The lowest BCUT2D eigenvalue weighted by molar-refractivity contribution is 0.532. The van der Waals surface area contributed by atoms with Gasteiger partial charge in [0, 0.05) is 13.1 Å². The Bertz CT molecular complexity index is 970. The van der Waals surface area contributed by atoms with Crippen molar-refractivity contribution in [1.29, 1.82) is 0 Å². The third-order valence-corrected chi connectivity index (χ3v) is 3.40. The predicted octanol–water partition coefficient (Wildman–Crippen LogP) is 3.14. The third-order valence-electron chi connectivity index (χ3n) is 3.40. The van der Waals surface area contributed by atoms with Gasteiger partial charge in [-0.15, -0.1) is 0 Å². The number of hydrogen-bond donors (Lipinski definition) is 1. The number of oxazole rings is 1. The molecule has 0 aliphatic carbocycles. The zero-order valence-corrected chi connectivity index (χ0v) is 12.7. The maximum atomic E-state index is 5.47.